The molecule has 1 aromatic heterocycles. The van der Waals surface area contributed by atoms with Crippen molar-refractivity contribution < 1.29 is 4.74 Å². The van der Waals surface area contributed by atoms with E-state index in [9.17, 15) is 0 Å². The van der Waals surface area contributed by atoms with Crippen LogP contribution in [0.5, 0.6) is 5.75 Å². The van der Waals surface area contributed by atoms with Crippen LogP contribution in [-0.2, 0) is 6.54 Å². The molecule has 0 bridgehead atoms. The summed E-state index contributed by atoms with van der Waals surface area (Å²) in [6.45, 7) is 2.61. The van der Waals surface area contributed by atoms with Crippen LogP contribution in [0, 0.1) is 18.3 Å². The van der Waals surface area contributed by atoms with Gasteiger partial charge in [0.25, 0.3) is 0 Å². The number of hydrogen-bond acceptors (Lipinski definition) is 4. The highest BCUT2D eigenvalue weighted by Crippen LogP contribution is 2.18. The van der Waals surface area contributed by atoms with E-state index in [-0.39, 0.29) is 6.61 Å². The average molecular weight is 288 g/mol. The molecule has 102 valence electrons. The fourth-order valence-corrected chi connectivity index (χ4v) is 1.82. The Bertz CT molecular complexity index is 637. The number of rotatable bonds is 5. The number of hydrogen-bond donors (Lipinski definition) is 1. The minimum atomic E-state index is 0.0528. The first kappa shape index (κ1) is 14.2. The van der Waals surface area contributed by atoms with Gasteiger partial charge in [0, 0.05) is 6.54 Å². The number of benzene rings is 1. The molecule has 0 atom stereocenters. The fraction of sp³-hybridized carbons (Fsp3) is 0.200. The number of aromatic nitrogens is 1. The summed E-state index contributed by atoms with van der Waals surface area (Å²) in [5, 5.41) is 12.3. The number of anilines is 1. The Morgan fingerprint density at radius 2 is 2.25 bits per heavy atom. The number of aryl methyl sites for hydroxylation is 1. The first-order valence-corrected chi connectivity index (χ1v) is 6.51. The van der Waals surface area contributed by atoms with E-state index in [1.165, 1.54) is 0 Å². The Kier molecular flexibility index (Phi) is 4.80. The summed E-state index contributed by atoms with van der Waals surface area (Å²) in [4.78, 5) is 4.09. The molecule has 4 nitrogen and oxygen atoms in total. The van der Waals surface area contributed by atoms with Gasteiger partial charge < -0.3 is 10.1 Å². The third kappa shape index (κ3) is 3.87. The van der Waals surface area contributed by atoms with Crippen LogP contribution in [0.3, 0.4) is 0 Å². The third-order valence-corrected chi connectivity index (χ3v) is 3.11. The molecule has 0 radical (unpaired) electrons. The number of nitrogens with one attached hydrogen (secondary N) is 1. The molecule has 0 spiro atoms. The molecule has 1 aromatic carbocycles. The lowest BCUT2D eigenvalue weighted by Gasteiger charge is -2.09. The Balaban J connectivity index is 1.99. The molecule has 2 aromatic rings. The van der Waals surface area contributed by atoms with E-state index in [0.29, 0.717) is 17.4 Å². The minimum absolute atomic E-state index is 0.0528. The summed E-state index contributed by atoms with van der Waals surface area (Å²) in [5.41, 5.74) is 2.91. The summed E-state index contributed by atoms with van der Waals surface area (Å²) in [6, 6.07) is 11.5. The number of nitrogens with zero attached hydrogens (tertiary/aromatic N) is 2. The smallest absolute Gasteiger partial charge is 0.174 e. The maximum absolute atomic E-state index is 8.49. The molecule has 0 amide bonds. The van der Waals surface area contributed by atoms with Crippen molar-refractivity contribution in [1.82, 2.24) is 4.98 Å². The second kappa shape index (κ2) is 6.78. The van der Waals surface area contributed by atoms with Crippen molar-refractivity contribution in [2.45, 2.75) is 13.5 Å². The maximum atomic E-state index is 8.49. The van der Waals surface area contributed by atoms with Gasteiger partial charge in [0.15, 0.2) is 6.61 Å². The molecule has 20 heavy (non-hydrogen) atoms. The molecule has 1 N–H and O–H groups in total. The second-order valence-electron chi connectivity index (χ2n) is 4.28. The lowest BCUT2D eigenvalue weighted by Crippen LogP contribution is -2.01. The van der Waals surface area contributed by atoms with Crippen molar-refractivity contribution in [3.05, 3.63) is 52.8 Å². The van der Waals surface area contributed by atoms with Crippen LogP contribution in [-0.4, -0.2) is 11.6 Å². The normalized spacial score (nSPS) is 9.85. The molecule has 5 heteroatoms. The van der Waals surface area contributed by atoms with Crippen molar-refractivity contribution in [1.29, 1.82) is 5.26 Å². The van der Waals surface area contributed by atoms with Crippen molar-refractivity contribution in [2.75, 3.05) is 11.9 Å². The van der Waals surface area contributed by atoms with E-state index >= 15 is 0 Å². The zero-order valence-corrected chi connectivity index (χ0v) is 11.8. The Hall–Kier alpha value is -2.25. The first-order valence-electron chi connectivity index (χ1n) is 6.14. The average Bonchev–Trinajstić information content (AvgIpc) is 2.47. The maximum Gasteiger partial charge on any atom is 0.174 e. The van der Waals surface area contributed by atoms with Gasteiger partial charge in [-0.3, -0.25) is 0 Å². The van der Waals surface area contributed by atoms with Gasteiger partial charge in [-0.1, -0.05) is 23.7 Å². The molecule has 0 aliphatic rings. The van der Waals surface area contributed by atoms with Crippen LogP contribution in [0.1, 0.15) is 11.1 Å². The van der Waals surface area contributed by atoms with E-state index < -0.39 is 0 Å². The Morgan fingerprint density at radius 1 is 1.40 bits per heavy atom. The van der Waals surface area contributed by atoms with E-state index in [1.807, 2.05) is 43.3 Å². The van der Waals surface area contributed by atoms with Gasteiger partial charge in [-0.05, 0) is 36.2 Å². The van der Waals surface area contributed by atoms with Crippen LogP contribution in [0.4, 0.5) is 5.69 Å². The zero-order valence-electron chi connectivity index (χ0n) is 11.1. The topological polar surface area (TPSA) is 57.9 Å². The van der Waals surface area contributed by atoms with Crippen molar-refractivity contribution in [3.63, 3.8) is 0 Å². The van der Waals surface area contributed by atoms with Crippen LogP contribution < -0.4 is 10.1 Å². The molecule has 0 saturated heterocycles. The number of pyridine rings is 1. The summed E-state index contributed by atoms with van der Waals surface area (Å²) in [6.07, 6.45) is 1.70. The van der Waals surface area contributed by atoms with Gasteiger partial charge in [-0.2, -0.15) is 5.26 Å². The molecule has 2 rings (SSSR count). The predicted octanol–water partition coefficient (Wildman–Crippen LogP) is 3.56. The number of halogens is 1. The lowest BCUT2D eigenvalue weighted by atomic mass is 10.2. The van der Waals surface area contributed by atoms with E-state index in [2.05, 4.69) is 10.3 Å². The van der Waals surface area contributed by atoms with Gasteiger partial charge in [0.2, 0.25) is 0 Å². The highest BCUT2D eigenvalue weighted by atomic mass is 35.5. The largest absolute Gasteiger partial charge is 0.479 e. The van der Waals surface area contributed by atoms with E-state index in [4.69, 9.17) is 21.6 Å². The monoisotopic (exact) mass is 287 g/mol. The first-order chi connectivity index (χ1) is 9.69. The van der Waals surface area contributed by atoms with Gasteiger partial charge in [0.1, 0.15) is 17.0 Å². The summed E-state index contributed by atoms with van der Waals surface area (Å²) >= 11 is 5.89. The van der Waals surface area contributed by atoms with Crippen molar-refractivity contribution in [3.8, 4) is 11.8 Å². The van der Waals surface area contributed by atoms with Crippen LogP contribution in [0.15, 0.2) is 36.5 Å². The predicted molar refractivity (Wildman–Crippen MR) is 78.9 cm³/mol. The number of nitriles is 1. The zero-order chi connectivity index (χ0) is 14.4. The van der Waals surface area contributed by atoms with Gasteiger partial charge in [-0.15, -0.1) is 0 Å². The highest BCUT2D eigenvalue weighted by Gasteiger charge is 2.00. The van der Waals surface area contributed by atoms with Gasteiger partial charge in [0.05, 0.1) is 11.9 Å². The third-order valence-electron chi connectivity index (χ3n) is 2.71. The summed E-state index contributed by atoms with van der Waals surface area (Å²) in [5.74, 6) is 0.691. The SMILES string of the molecule is Cc1cc(NCc2cccc(OCC#N)c2)cnc1Cl. The molecule has 0 aliphatic heterocycles. The van der Waals surface area contributed by atoms with Gasteiger partial charge >= 0.3 is 0 Å². The van der Waals surface area contributed by atoms with Gasteiger partial charge in [-0.25, -0.2) is 4.98 Å². The fourth-order valence-electron chi connectivity index (χ4n) is 1.72. The quantitative estimate of drug-likeness (QED) is 0.854. The van der Waals surface area contributed by atoms with Crippen molar-refractivity contribution in [2.24, 2.45) is 0 Å². The van der Waals surface area contributed by atoms with E-state index in [1.54, 1.807) is 6.20 Å². The molecular formula is C15H14ClN3O. The molecule has 0 aliphatic carbocycles. The minimum Gasteiger partial charge on any atom is -0.479 e. The molecular weight excluding hydrogens is 274 g/mol. The summed E-state index contributed by atoms with van der Waals surface area (Å²) in [7, 11) is 0. The number of ether oxygens (including phenoxy) is 1. The van der Waals surface area contributed by atoms with Crippen LogP contribution >= 0.6 is 11.6 Å². The molecule has 1 heterocycles. The second-order valence-corrected chi connectivity index (χ2v) is 4.64. The molecule has 0 unspecified atom stereocenters. The van der Waals surface area contributed by atoms with Crippen LogP contribution in [0.2, 0.25) is 5.15 Å². The highest BCUT2D eigenvalue weighted by molar-refractivity contribution is 6.30. The standard InChI is InChI=1S/C15H14ClN3O/c1-11-7-13(10-19-15(11)16)18-9-12-3-2-4-14(8-12)20-6-5-17/h2-4,7-8,10,18H,6,9H2,1H3. The molecule has 0 saturated carbocycles. The summed E-state index contributed by atoms with van der Waals surface area (Å²) < 4.78 is 5.26. The van der Waals surface area contributed by atoms with Crippen molar-refractivity contribution >= 4 is 17.3 Å². The van der Waals surface area contributed by atoms with Crippen LogP contribution in [0.25, 0.3) is 0 Å². The van der Waals surface area contributed by atoms with E-state index in [0.717, 1.165) is 16.8 Å². The lowest BCUT2D eigenvalue weighted by molar-refractivity contribution is 0.368. The Morgan fingerprint density at radius 3 is 3.00 bits per heavy atom. The molecule has 0 fully saturated rings. The Labute approximate surface area is 123 Å².